The van der Waals surface area contributed by atoms with Crippen LogP contribution in [0.5, 0.6) is 0 Å². The predicted molar refractivity (Wildman–Crippen MR) is 109 cm³/mol. The number of aryl methyl sites for hydroxylation is 2. The Bertz CT molecular complexity index is 967. The number of nitrogens with one attached hydrogen (secondary N) is 1. The summed E-state index contributed by atoms with van der Waals surface area (Å²) in [6.07, 6.45) is 0. The van der Waals surface area contributed by atoms with Crippen LogP contribution in [0.25, 0.3) is 0 Å². The van der Waals surface area contributed by atoms with E-state index in [0.717, 1.165) is 11.1 Å². The van der Waals surface area contributed by atoms with Crippen LogP contribution in [-0.4, -0.2) is 11.8 Å². The summed E-state index contributed by atoms with van der Waals surface area (Å²) in [7, 11) is 0. The van der Waals surface area contributed by atoms with Gasteiger partial charge in [0, 0.05) is 22.7 Å². The van der Waals surface area contributed by atoms with Crippen molar-refractivity contribution in [3.8, 4) is 0 Å². The number of anilines is 4. The van der Waals surface area contributed by atoms with Crippen molar-refractivity contribution in [2.24, 2.45) is 0 Å². The molecule has 0 bridgehead atoms. The van der Waals surface area contributed by atoms with Crippen molar-refractivity contribution in [3.05, 3.63) is 83.9 Å². The fourth-order valence-corrected chi connectivity index (χ4v) is 2.82. The van der Waals surface area contributed by atoms with E-state index in [1.807, 2.05) is 44.2 Å². The summed E-state index contributed by atoms with van der Waals surface area (Å²) in [5.41, 5.74) is 10.1. The minimum absolute atomic E-state index is 0.566. The Labute approximate surface area is 158 Å². The maximum Gasteiger partial charge on any atom is 0.321 e. The molecule has 0 atom stereocenters. The van der Waals surface area contributed by atoms with Gasteiger partial charge in [-0.1, -0.05) is 35.9 Å². The highest BCUT2D eigenvalue weighted by atomic mass is 16.2. The van der Waals surface area contributed by atoms with Gasteiger partial charge < -0.3 is 11.1 Å². The van der Waals surface area contributed by atoms with Gasteiger partial charge in [0.2, 0.25) is 0 Å². The Hall–Kier alpha value is -3.60. The van der Waals surface area contributed by atoms with Crippen LogP contribution in [0.4, 0.5) is 22.7 Å². The second kappa shape index (κ2) is 7.74. The summed E-state index contributed by atoms with van der Waals surface area (Å²) in [5, 5.41) is 2.71. The molecule has 0 aliphatic carbocycles. The molecule has 3 N–H and O–H groups in total. The number of nitrogens with zero attached hydrogens (tertiary/aromatic N) is 1. The summed E-state index contributed by atoms with van der Waals surface area (Å²) in [4.78, 5) is 27.0. The standard InChI is InChI=1S/C22H21N3O2/c1-15-8-13-20(16(2)14-15)24-21(26)22(27)25(18-6-4-3-5-7-18)19-11-9-17(23)10-12-19/h3-14H,23H2,1-2H3,(H,24,26). The summed E-state index contributed by atoms with van der Waals surface area (Å²) < 4.78 is 0. The Morgan fingerprint density at radius 2 is 1.48 bits per heavy atom. The molecule has 27 heavy (non-hydrogen) atoms. The molecule has 5 heteroatoms. The van der Waals surface area contributed by atoms with E-state index >= 15 is 0 Å². The first kappa shape index (κ1) is 18.2. The van der Waals surface area contributed by atoms with Gasteiger partial charge in [-0.15, -0.1) is 0 Å². The minimum Gasteiger partial charge on any atom is -0.399 e. The third-order valence-electron chi connectivity index (χ3n) is 4.19. The van der Waals surface area contributed by atoms with Crippen molar-refractivity contribution in [1.82, 2.24) is 0 Å². The lowest BCUT2D eigenvalue weighted by atomic mass is 10.1. The zero-order valence-electron chi connectivity index (χ0n) is 15.3. The summed E-state index contributed by atoms with van der Waals surface area (Å²) in [6, 6.07) is 21.5. The van der Waals surface area contributed by atoms with E-state index in [4.69, 9.17) is 5.73 Å². The third kappa shape index (κ3) is 4.15. The van der Waals surface area contributed by atoms with Crippen LogP contribution >= 0.6 is 0 Å². The quantitative estimate of drug-likeness (QED) is 0.544. The van der Waals surface area contributed by atoms with Gasteiger partial charge in [-0.05, 0) is 61.9 Å². The molecule has 0 radical (unpaired) electrons. The van der Waals surface area contributed by atoms with Gasteiger partial charge in [0.15, 0.2) is 0 Å². The van der Waals surface area contributed by atoms with Gasteiger partial charge in [-0.3, -0.25) is 14.5 Å². The molecular weight excluding hydrogens is 338 g/mol. The molecule has 0 fully saturated rings. The highest BCUT2D eigenvalue weighted by molar-refractivity contribution is 6.45. The molecule has 0 saturated heterocycles. The van der Waals surface area contributed by atoms with Crippen LogP contribution in [0.3, 0.4) is 0 Å². The molecule has 3 aromatic carbocycles. The molecule has 0 spiro atoms. The van der Waals surface area contributed by atoms with E-state index in [2.05, 4.69) is 5.32 Å². The molecule has 0 aromatic heterocycles. The lowest BCUT2D eigenvalue weighted by Crippen LogP contribution is -2.36. The lowest BCUT2D eigenvalue weighted by molar-refractivity contribution is -0.134. The fourth-order valence-electron chi connectivity index (χ4n) is 2.82. The molecule has 136 valence electrons. The Kier molecular flexibility index (Phi) is 5.22. The van der Waals surface area contributed by atoms with Crippen molar-refractivity contribution in [3.63, 3.8) is 0 Å². The average molecular weight is 359 g/mol. The van der Waals surface area contributed by atoms with Gasteiger partial charge in [0.1, 0.15) is 0 Å². The topological polar surface area (TPSA) is 75.4 Å². The number of para-hydroxylation sites is 1. The van der Waals surface area contributed by atoms with Crippen molar-refractivity contribution >= 4 is 34.6 Å². The first-order valence-corrected chi connectivity index (χ1v) is 8.59. The summed E-state index contributed by atoms with van der Waals surface area (Å²) >= 11 is 0. The van der Waals surface area contributed by atoms with E-state index in [1.165, 1.54) is 4.90 Å². The maximum absolute atomic E-state index is 13.0. The minimum atomic E-state index is -0.706. The molecule has 3 rings (SSSR count). The molecule has 0 saturated carbocycles. The lowest BCUT2D eigenvalue weighted by Gasteiger charge is -2.22. The van der Waals surface area contributed by atoms with E-state index in [0.29, 0.717) is 22.7 Å². The molecule has 5 nitrogen and oxygen atoms in total. The second-order valence-corrected chi connectivity index (χ2v) is 6.34. The predicted octanol–water partition coefficient (Wildman–Crippen LogP) is 4.19. The zero-order chi connectivity index (χ0) is 19.4. The van der Waals surface area contributed by atoms with Gasteiger partial charge in [0.25, 0.3) is 0 Å². The van der Waals surface area contributed by atoms with Crippen LogP contribution in [0.1, 0.15) is 11.1 Å². The molecule has 0 unspecified atom stereocenters. The number of hydrogen-bond donors (Lipinski definition) is 2. The smallest absolute Gasteiger partial charge is 0.321 e. The number of carbonyl (C=O) groups excluding carboxylic acids is 2. The largest absolute Gasteiger partial charge is 0.399 e. The molecule has 3 aromatic rings. The van der Waals surface area contributed by atoms with Gasteiger partial charge >= 0.3 is 11.8 Å². The highest BCUT2D eigenvalue weighted by Crippen LogP contribution is 2.27. The Morgan fingerprint density at radius 3 is 2.11 bits per heavy atom. The number of carbonyl (C=O) groups is 2. The van der Waals surface area contributed by atoms with E-state index in [-0.39, 0.29) is 0 Å². The molecule has 0 heterocycles. The van der Waals surface area contributed by atoms with Crippen molar-refractivity contribution in [2.45, 2.75) is 13.8 Å². The van der Waals surface area contributed by atoms with E-state index < -0.39 is 11.8 Å². The normalized spacial score (nSPS) is 10.3. The number of nitrogens with two attached hydrogens (primary N) is 1. The summed E-state index contributed by atoms with van der Waals surface area (Å²) in [6.45, 7) is 3.87. The third-order valence-corrected chi connectivity index (χ3v) is 4.19. The number of amides is 2. The molecule has 2 amide bonds. The first-order valence-electron chi connectivity index (χ1n) is 8.59. The van der Waals surface area contributed by atoms with Crippen LogP contribution < -0.4 is 16.0 Å². The van der Waals surface area contributed by atoms with Gasteiger partial charge in [-0.2, -0.15) is 0 Å². The molecule has 0 aliphatic heterocycles. The fraction of sp³-hybridized carbons (Fsp3) is 0.0909. The van der Waals surface area contributed by atoms with Crippen LogP contribution in [0.15, 0.2) is 72.8 Å². The zero-order valence-corrected chi connectivity index (χ0v) is 15.3. The monoisotopic (exact) mass is 359 g/mol. The molecular formula is C22H21N3O2. The molecule has 0 aliphatic rings. The van der Waals surface area contributed by atoms with Crippen molar-refractivity contribution in [1.29, 1.82) is 0 Å². The van der Waals surface area contributed by atoms with Crippen LogP contribution in [0, 0.1) is 13.8 Å². The Morgan fingerprint density at radius 1 is 0.852 bits per heavy atom. The second-order valence-electron chi connectivity index (χ2n) is 6.34. The van der Waals surface area contributed by atoms with Crippen molar-refractivity contribution in [2.75, 3.05) is 16.0 Å². The van der Waals surface area contributed by atoms with Gasteiger partial charge in [0.05, 0.1) is 0 Å². The van der Waals surface area contributed by atoms with Crippen LogP contribution in [-0.2, 0) is 9.59 Å². The number of nitrogen functional groups attached to an aromatic ring is 1. The number of rotatable bonds is 3. The average Bonchev–Trinajstić information content (AvgIpc) is 2.66. The van der Waals surface area contributed by atoms with Crippen molar-refractivity contribution < 1.29 is 9.59 Å². The number of hydrogen-bond acceptors (Lipinski definition) is 3. The number of benzene rings is 3. The highest BCUT2D eigenvalue weighted by Gasteiger charge is 2.25. The van der Waals surface area contributed by atoms with Crippen LogP contribution in [0.2, 0.25) is 0 Å². The van der Waals surface area contributed by atoms with Gasteiger partial charge in [-0.25, -0.2) is 0 Å². The Balaban J connectivity index is 1.92. The maximum atomic E-state index is 13.0. The first-order chi connectivity index (χ1) is 13.0. The van der Waals surface area contributed by atoms with E-state index in [1.54, 1.807) is 42.5 Å². The van der Waals surface area contributed by atoms with E-state index in [9.17, 15) is 9.59 Å². The SMILES string of the molecule is Cc1ccc(NC(=O)C(=O)N(c2ccccc2)c2ccc(N)cc2)c(C)c1. The summed E-state index contributed by atoms with van der Waals surface area (Å²) in [5.74, 6) is -1.38.